The zero-order chi connectivity index (χ0) is 13.1. The van der Waals surface area contributed by atoms with E-state index < -0.39 is 5.97 Å². The van der Waals surface area contributed by atoms with Crippen LogP contribution in [0.2, 0.25) is 0 Å². The molecule has 4 nitrogen and oxygen atoms in total. The highest BCUT2D eigenvalue weighted by atomic mass is 16.4. The zero-order valence-electron chi connectivity index (χ0n) is 9.75. The molecule has 1 heterocycles. The van der Waals surface area contributed by atoms with E-state index in [0.717, 1.165) is 0 Å². The molecule has 2 aromatic rings. The van der Waals surface area contributed by atoms with Crippen LogP contribution in [0.25, 0.3) is 11.1 Å². The summed E-state index contributed by atoms with van der Waals surface area (Å²) < 4.78 is 0. The standard InChI is InChI=1S/C14H11NO3/c1-9(16)10-5-2-3-6-11(10)12-7-4-8-15-13(12)14(17)18/h2-8H,1H3,(H,17,18). The Hall–Kier alpha value is -2.49. The molecule has 0 aliphatic carbocycles. The number of hydrogen-bond acceptors (Lipinski definition) is 3. The first-order valence-electron chi connectivity index (χ1n) is 5.40. The Balaban J connectivity index is 2.70. The average molecular weight is 241 g/mol. The fourth-order valence-electron chi connectivity index (χ4n) is 1.82. The minimum Gasteiger partial charge on any atom is -0.476 e. The number of nitrogens with zero attached hydrogens (tertiary/aromatic N) is 1. The molecule has 0 unspecified atom stereocenters. The van der Waals surface area contributed by atoms with E-state index in [0.29, 0.717) is 16.7 Å². The van der Waals surface area contributed by atoms with Gasteiger partial charge in [-0.25, -0.2) is 9.78 Å². The number of aromatic nitrogens is 1. The molecule has 0 radical (unpaired) electrons. The molecule has 1 aromatic heterocycles. The number of rotatable bonds is 3. The third kappa shape index (κ3) is 2.13. The van der Waals surface area contributed by atoms with E-state index >= 15 is 0 Å². The van der Waals surface area contributed by atoms with E-state index in [9.17, 15) is 9.59 Å². The summed E-state index contributed by atoms with van der Waals surface area (Å²) in [6.45, 7) is 1.45. The predicted octanol–water partition coefficient (Wildman–Crippen LogP) is 2.65. The fraction of sp³-hybridized carbons (Fsp3) is 0.0714. The van der Waals surface area contributed by atoms with E-state index in [-0.39, 0.29) is 11.5 Å². The van der Waals surface area contributed by atoms with Crippen molar-refractivity contribution in [3.8, 4) is 11.1 Å². The number of ketones is 1. The minimum atomic E-state index is -1.11. The summed E-state index contributed by atoms with van der Waals surface area (Å²) in [5.74, 6) is -1.21. The molecule has 0 aliphatic heterocycles. The molecule has 18 heavy (non-hydrogen) atoms. The molecule has 1 aromatic carbocycles. The minimum absolute atomic E-state index is 0.0498. The number of carboxylic acids is 1. The molecule has 0 saturated heterocycles. The van der Waals surface area contributed by atoms with Crippen molar-refractivity contribution in [2.24, 2.45) is 0 Å². The number of carboxylic acid groups (broad SMARTS) is 1. The van der Waals surface area contributed by atoms with Gasteiger partial charge in [0.2, 0.25) is 0 Å². The van der Waals surface area contributed by atoms with Gasteiger partial charge in [0.25, 0.3) is 0 Å². The summed E-state index contributed by atoms with van der Waals surface area (Å²) in [4.78, 5) is 26.5. The van der Waals surface area contributed by atoms with Gasteiger partial charge in [0.05, 0.1) is 0 Å². The molecule has 0 fully saturated rings. The van der Waals surface area contributed by atoms with Gasteiger partial charge in [-0.05, 0) is 18.6 Å². The Morgan fingerprint density at radius 1 is 1.06 bits per heavy atom. The Morgan fingerprint density at radius 2 is 1.72 bits per heavy atom. The van der Waals surface area contributed by atoms with Gasteiger partial charge in [-0.2, -0.15) is 0 Å². The lowest BCUT2D eigenvalue weighted by molar-refractivity contribution is 0.0691. The van der Waals surface area contributed by atoms with Gasteiger partial charge in [-0.15, -0.1) is 0 Å². The van der Waals surface area contributed by atoms with Crippen LogP contribution < -0.4 is 0 Å². The molecule has 4 heteroatoms. The number of carbonyl (C=O) groups is 2. The summed E-state index contributed by atoms with van der Waals surface area (Å²) in [5.41, 5.74) is 1.49. The van der Waals surface area contributed by atoms with Gasteiger partial charge < -0.3 is 5.11 Å². The second kappa shape index (κ2) is 4.79. The van der Waals surface area contributed by atoms with Crippen LogP contribution in [0.5, 0.6) is 0 Å². The summed E-state index contributed by atoms with van der Waals surface area (Å²) in [6, 6.07) is 10.2. The van der Waals surface area contributed by atoms with Crippen LogP contribution in [-0.4, -0.2) is 21.8 Å². The highest BCUT2D eigenvalue weighted by Crippen LogP contribution is 2.26. The van der Waals surface area contributed by atoms with Gasteiger partial charge in [0, 0.05) is 17.3 Å². The number of pyridine rings is 1. The van der Waals surface area contributed by atoms with E-state index in [1.165, 1.54) is 13.1 Å². The maximum absolute atomic E-state index is 11.6. The van der Waals surface area contributed by atoms with Crippen molar-refractivity contribution in [1.29, 1.82) is 0 Å². The molecule has 0 atom stereocenters. The normalized spacial score (nSPS) is 10.1. The maximum Gasteiger partial charge on any atom is 0.355 e. The lowest BCUT2D eigenvalue weighted by Gasteiger charge is -2.08. The van der Waals surface area contributed by atoms with Gasteiger partial charge >= 0.3 is 5.97 Å². The highest BCUT2D eigenvalue weighted by Gasteiger charge is 2.16. The van der Waals surface area contributed by atoms with Crippen molar-refractivity contribution in [3.05, 3.63) is 53.9 Å². The van der Waals surface area contributed by atoms with Crippen LogP contribution in [0.1, 0.15) is 27.8 Å². The Morgan fingerprint density at radius 3 is 2.39 bits per heavy atom. The third-order valence-electron chi connectivity index (χ3n) is 2.61. The summed E-state index contributed by atoms with van der Waals surface area (Å²) in [5, 5.41) is 9.11. The highest BCUT2D eigenvalue weighted by molar-refractivity contribution is 6.03. The van der Waals surface area contributed by atoms with Crippen LogP contribution in [-0.2, 0) is 0 Å². The molecule has 0 spiro atoms. The number of benzene rings is 1. The smallest absolute Gasteiger partial charge is 0.355 e. The van der Waals surface area contributed by atoms with Crippen molar-refractivity contribution in [1.82, 2.24) is 4.98 Å². The Kier molecular flexibility index (Phi) is 3.19. The fourth-order valence-corrected chi connectivity index (χ4v) is 1.82. The molecule has 1 N–H and O–H groups in total. The molecule has 90 valence electrons. The Bertz CT molecular complexity index is 564. The molecule has 0 bridgehead atoms. The van der Waals surface area contributed by atoms with Gasteiger partial charge in [0.15, 0.2) is 11.5 Å². The summed E-state index contributed by atoms with van der Waals surface area (Å²) >= 11 is 0. The number of hydrogen-bond donors (Lipinski definition) is 1. The molecular formula is C14H11NO3. The van der Waals surface area contributed by atoms with Crippen molar-refractivity contribution < 1.29 is 14.7 Å². The van der Waals surface area contributed by atoms with Gasteiger partial charge in [-0.1, -0.05) is 30.3 Å². The largest absolute Gasteiger partial charge is 0.476 e. The monoisotopic (exact) mass is 241 g/mol. The van der Waals surface area contributed by atoms with E-state index in [2.05, 4.69) is 4.98 Å². The van der Waals surface area contributed by atoms with Crippen molar-refractivity contribution >= 4 is 11.8 Å². The molecule has 2 rings (SSSR count). The van der Waals surface area contributed by atoms with Crippen LogP contribution in [0.15, 0.2) is 42.6 Å². The molecular weight excluding hydrogens is 230 g/mol. The SMILES string of the molecule is CC(=O)c1ccccc1-c1cccnc1C(=O)O. The van der Waals surface area contributed by atoms with Crippen molar-refractivity contribution in [3.63, 3.8) is 0 Å². The topological polar surface area (TPSA) is 67.3 Å². The first kappa shape index (κ1) is 12.0. The van der Waals surface area contributed by atoms with Crippen LogP contribution in [0.4, 0.5) is 0 Å². The second-order valence-corrected chi connectivity index (χ2v) is 3.81. The first-order chi connectivity index (χ1) is 8.61. The maximum atomic E-state index is 11.6. The molecule has 0 amide bonds. The number of carbonyl (C=O) groups excluding carboxylic acids is 1. The second-order valence-electron chi connectivity index (χ2n) is 3.81. The third-order valence-corrected chi connectivity index (χ3v) is 2.61. The van der Waals surface area contributed by atoms with E-state index in [4.69, 9.17) is 5.11 Å². The Labute approximate surface area is 104 Å². The van der Waals surface area contributed by atoms with Crippen LogP contribution in [0.3, 0.4) is 0 Å². The van der Waals surface area contributed by atoms with E-state index in [1.54, 1.807) is 36.4 Å². The predicted molar refractivity (Wildman–Crippen MR) is 66.6 cm³/mol. The molecule has 0 aliphatic rings. The molecule has 0 saturated carbocycles. The lowest BCUT2D eigenvalue weighted by Crippen LogP contribution is -2.05. The van der Waals surface area contributed by atoms with Crippen LogP contribution in [0, 0.1) is 0 Å². The summed E-state index contributed by atoms with van der Waals surface area (Å²) in [6.07, 6.45) is 1.42. The van der Waals surface area contributed by atoms with E-state index in [1.807, 2.05) is 0 Å². The van der Waals surface area contributed by atoms with Crippen molar-refractivity contribution in [2.75, 3.05) is 0 Å². The van der Waals surface area contributed by atoms with Gasteiger partial charge in [-0.3, -0.25) is 4.79 Å². The quantitative estimate of drug-likeness (QED) is 0.839. The first-order valence-corrected chi connectivity index (χ1v) is 5.40. The summed E-state index contributed by atoms with van der Waals surface area (Å²) in [7, 11) is 0. The van der Waals surface area contributed by atoms with Crippen molar-refractivity contribution in [2.45, 2.75) is 6.92 Å². The van der Waals surface area contributed by atoms with Crippen LogP contribution >= 0.6 is 0 Å². The zero-order valence-corrected chi connectivity index (χ0v) is 9.75. The lowest BCUT2D eigenvalue weighted by atomic mass is 9.96. The number of Topliss-reactive ketones (excluding diaryl/α,β-unsaturated/α-hetero) is 1. The number of aromatic carboxylic acids is 1. The average Bonchev–Trinajstić information content (AvgIpc) is 2.38. The van der Waals surface area contributed by atoms with Gasteiger partial charge in [0.1, 0.15) is 0 Å².